The van der Waals surface area contributed by atoms with Crippen molar-refractivity contribution in [2.45, 2.75) is 63.7 Å². The molecule has 1 N–H and O–H groups in total. The minimum atomic E-state index is -3.32. The van der Waals surface area contributed by atoms with Crippen molar-refractivity contribution in [3.63, 3.8) is 0 Å². The maximum atomic E-state index is 12.3. The third kappa shape index (κ3) is 5.06. The molecule has 0 bridgehead atoms. The van der Waals surface area contributed by atoms with E-state index in [1.54, 1.807) is 0 Å². The van der Waals surface area contributed by atoms with Gasteiger partial charge in [-0.05, 0) is 51.2 Å². The molecule has 128 valence electrons. The molecule has 0 radical (unpaired) electrons. The van der Waals surface area contributed by atoms with Crippen LogP contribution in [0.15, 0.2) is 24.3 Å². The average molecular weight is 337 g/mol. The molecule has 0 spiro atoms. The Hall–Kier alpha value is -1.36. The third-order valence-electron chi connectivity index (χ3n) is 4.51. The number of sulfone groups is 1. The van der Waals surface area contributed by atoms with E-state index in [4.69, 9.17) is 0 Å². The van der Waals surface area contributed by atoms with Gasteiger partial charge in [0.15, 0.2) is 9.84 Å². The summed E-state index contributed by atoms with van der Waals surface area (Å²) in [7, 11) is -3.32. The van der Waals surface area contributed by atoms with Crippen LogP contribution in [0.5, 0.6) is 0 Å². The van der Waals surface area contributed by atoms with Crippen LogP contribution in [0.4, 0.5) is 0 Å². The lowest BCUT2D eigenvalue weighted by molar-refractivity contribution is -0.120. The maximum absolute atomic E-state index is 12.3. The quantitative estimate of drug-likeness (QED) is 0.868. The first kappa shape index (κ1) is 18.0. The molecule has 23 heavy (non-hydrogen) atoms. The second-order valence-electron chi connectivity index (χ2n) is 7.25. The van der Waals surface area contributed by atoms with E-state index < -0.39 is 27.0 Å². The fraction of sp³-hybridized carbons (Fsp3) is 0.611. The smallest absolute Gasteiger partial charge is 0.235 e. The number of aryl methyl sites for hydroxylation is 1. The van der Waals surface area contributed by atoms with Gasteiger partial charge in [-0.15, -0.1) is 0 Å². The van der Waals surface area contributed by atoms with Gasteiger partial charge in [-0.25, -0.2) is 8.42 Å². The minimum Gasteiger partial charge on any atom is -0.350 e. The summed E-state index contributed by atoms with van der Waals surface area (Å²) >= 11 is 0. The first-order valence-corrected chi connectivity index (χ1v) is 9.98. The molecule has 0 saturated heterocycles. The zero-order valence-electron chi connectivity index (χ0n) is 14.3. The summed E-state index contributed by atoms with van der Waals surface area (Å²) in [6.45, 7) is 5.90. The summed E-state index contributed by atoms with van der Waals surface area (Å²) < 4.78 is 24.6. The van der Waals surface area contributed by atoms with E-state index in [0.29, 0.717) is 19.3 Å². The number of hydrogen-bond acceptors (Lipinski definition) is 3. The number of nitrogens with one attached hydrogen (secondary N) is 1. The zero-order valence-corrected chi connectivity index (χ0v) is 15.1. The van der Waals surface area contributed by atoms with Crippen molar-refractivity contribution >= 4 is 15.7 Å². The molecule has 0 atom stereocenters. The van der Waals surface area contributed by atoms with Gasteiger partial charge < -0.3 is 5.32 Å². The molecule has 1 fully saturated rings. The largest absolute Gasteiger partial charge is 0.350 e. The molecule has 0 unspecified atom stereocenters. The molecule has 0 aliphatic heterocycles. The van der Waals surface area contributed by atoms with Crippen molar-refractivity contribution in [2.24, 2.45) is 0 Å². The molecule has 0 heterocycles. The van der Waals surface area contributed by atoms with Crippen molar-refractivity contribution in [1.82, 2.24) is 5.32 Å². The Morgan fingerprint density at radius 1 is 1.22 bits per heavy atom. The van der Waals surface area contributed by atoms with E-state index in [0.717, 1.165) is 18.4 Å². The first-order chi connectivity index (χ1) is 10.7. The normalized spacial score (nSPS) is 16.5. The fourth-order valence-corrected chi connectivity index (χ4v) is 5.02. The highest BCUT2D eigenvalue weighted by Gasteiger charge is 2.32. The van der Waals surface area contributed by atoms with Crippen molar-refractivity contribution in [3.8, 4) is 0 Å². The molecule has 1 aliphatic carbocycles. The maximum Gasteiger partial charge on any atom is 0.235 e. The van der Waals surface area contributed by atoms with E-state index in [1.165, 1.54) is 5.56 Å². The van der Waals surface area contributed by atoms with Gasteiger partial charge >= 0.3 is 0 Å². The predicted octanol–water partition coefficient (Wildman–Crippen LogP) is 2.79. The van der Waals surface area contributed by atoms with Crippen LogP contribution in [0.25, 0.3) is 0 Å². The van der Waals surface area contributed by atoms with Crippen molar-refractivity contribution < 1.29 is 13.2 Å². The van der Waals surface area contributed by atoms with Gasteiger partial charge in [0, 0.05) is 5.54 Å². The molecule has 1 aromatic carbocycles. The molecule has 5 heteroatoms. The molecule has 1 aliphatic rings. The number of carbonyl (C=O) groups excluding carboxylic acids is 1. The fourth-order valence-electron chi connectivity index (χ4n) is 3.29. The number of carbonyl (C=O) groups is 1. The number of hydrogen-bond donors (Lipinski definition) is 1. The van der Waals surface area contributed by atoms with Crippen LogP contribution in [-0.4, -0.2) is 30.9 Å². The molecule has 1 saturated carbocycles. The van der Waals surface area contributed by atoms with E-state index in [1.807, 2.05) is 45.0 Å². The highest BCUT2D eigenvalue weighted by atomic mass is 32.2. The highest BCUT2D eigenvalue weighted by molar-refractivity contribution is 7.92. The van der Waals surface area contributed by atoms with Gasteiger partial charge in [0.25, 0.3) is 0 Å². The molecular weight excluding hydrogens is 310 g/mol. The summed E-state index contributed by atoms with van der Waals surface area (Å²) in [5, 5.41) is 2.57. The Morgan fingerprint density at radius 2 is 1.83 bits per heavy atom. The summed E-state index contributed by atoms with van der Waals surface area (Å²) in [6, 6.07) is 8.04. The monoisotopic (exact) mass is 337 g/mol. The van der Waals surface area contributed by atoms with E-state index >= 15 is 0 Å². The third-order valence-corrected chi connectivity index (χ3v) is 6.67. The van der Waals surface area contributed by atoms with Crippen LogP contribution in [-0.2, 0) is 21.1 Å². The standard InChI is InChI=1S/C18H27NO3S/c1-14-8-4-5-9-15(14)12-18(2,3)19-17(20)13-23(21,22)16-10-6-7-11-16/h4-5,8-9,16H,6-7,10-13H2,1-3H3,(H,19,20). The highest BCUT2D eigenvalue weighted by Crippen LogP contribution is 2.25. The molecule has 1 amide bonds. The van der Waals surface area contributed by atoms with Gasteiger partial charge in [-0.2, -0.15) is 0 Å². The first-order valence-electron chi connectivity index (χ1n) is 8.27. The number of amides is 1. The van der Waals surface area contributed by atoms with Crippen molar-refractivity contribution in [2.75, 3.05) is 5.75 Å². The van der Waals surface area contributed by atoms with Crippen molar-refractivity contribution in [1.29, 1.82) is 0 Å². The second kappa shape index (κ2) is 7.04. The average Bonchev–Trinajstić information content (AvgIpc) is 2.94. The van der Waals surface area contributed by atoms with E-state index in [-0.39, 0.29) is 5.25 Å². The summed E-state index contributed by atoms with van der Waals surface area (Å²) in [6.07, 6.45) is 3.97. The lowest BCUT2D eigenvalue weighted by atomic mass is 9.92. The lowest BCUT2D eigenvalue weighted by Gasteiger charge is -2.27. The van der Waals surface area contributed by atoms with Crippen LogP contribution < -0.4 is 5.32 Å². The van der Waals surface area contributed by atoms with E-state index in [2.05, 4.69) is 5.32 Å². The van der Waals surface area contributed by atoms with Crippen LogP contribution in [0.2, 0.25) is 0 Å². The van der Waals surface area contributed by atoms with Gasteiger partial charge in [0.2, 0.25) is 5.91 Å². The van der Waals surface area contributed by atoms with Crippen molar-refractivity contribution in [3.05, 3.63) is 35.4 Å². The Bertz CT molecular complexity index is 659. The van der Waals surface area contributed by atoms with Gasteiger partial charge in [-0.3, -0.25) is 4.79 Å². The molecule has 1 aromatic rings. The minimum absolute atomic E-state index is 0.326. The van der Waals surface area contributed by atoms with Gasteiger partial charge in [0.05, 0.1) is 5.25 Å². The Balaban J connectivity index is 1.97. The number of rotatable bonds is 6. The summed E-state index contributed by atoms with van der Waals surface area (Å²) in [5.74, 6) is -0.787. The van der Waals surface area contributed by atoms with Crippen LogP contribution in [0.3, 0.4) is 0 Å². The van der Waals surface area contributed by atoms with Crippen LogP contribution >= 0.6 is 0 Å². The van der Waals surface area contributed by atoms with Gasteiger partial charge in [-0.1, -0.05) is 37.1 Å². The lowest BCUT2D eigenvalue weighted by Crippen LogP contribution is -2.48. The van der Waals surface area contributed by atoms with E-state index in [9.17, 15) is 13.2 Å². The van der Waals surface area contributed by atoms with Crippen LogP contribution in [0, 0.1) is 6.92 Å². The second-order valence-corrected chi connectivity index (χ2v) is 9.53. The topological polar surface area (TPSA) is 63.2 Å². The molecule has 4 nitrogen and oxygen atoms in total. The predicted molar refractivity (Wildman–Crippen MR) is 93.1 cm³/mol. The van der Waals surface area contributed by atoms with Gasteiger partial charge in [0.1, 0.15) is 5.75 Å². The summed E-state index contributed by atoms with van der Waals surface area (Å²) in [4.78, 5) is 12.2. The van der Waals surface area contributed by atoms with Crippen LogP contribution in [0.1, 0.15) is 50.7 Å². The number of benzene rings is 1. The molecule has 2 rings (SSSR count). The zero-order chi connectivity index (χ0) is 17.1. The SMILES string of the molecule is Cc1ccccc1CC(C)(C)NC(=O)CS(=O)(=O)C1CCCC1. The Labute approximate surface area is 139 Å². The Kier molecular flexibility index (Phi) is 5.50. The summed E-state index contributed by atoms with van der Waals surface area (Å²) in [5.41, 5.74) is 1.86. The Morgan fingerprint density at radius 3 is 2.43 bits per heavy atom. The molecule has 0 aromatic heterocycles. The molecular formula is C18H27NO3S.